The largest absolute Gasteiger partial charge is 0.493 e. The van der Waals surface area contributed by atoms with Crippen molar-refractivity contribution in [3.63, 3.8) is 0 Å². The Morgan fingerprint density at radius 3 is 2.20 bits per heavy atom. The Morgan fingerprint density at radius 1 is 0.933 bits per heavy atom. The van der Waals surface area contributed by atoms with E-state index < -0.39 is 0 Å². The van der Waals surface area contributed by atoms with Crippen molar-refractivity contribution in [1.29, 1.82) is 0 Å². The first-order chi connectivity index (χ1) is 14.3. The highest BCUT2D eigenvalue weighted by Gasteiger charge is 2.20. The summed E-state index contributed by atoms with van der Waals surface area (Å²) in [4.78, 5) is 11.6. The van der Waals surface area contributed by atoms with Gasteiger partial charge in [-0.1, -0.05) is 46.6 Å². The molecule has 0 heterocycles. The third kappa shape index (κ3) is 9.38. The van der Waals surface area contributed by atoms with Crippen LogP contribution in [-0.4, -0.2) is 33.3 Å². The van der Waals surface area contributed by atoms with Crippen LogP contribution >= 0.6 is 0 Å². The highest BCUT2D eigenvalue weighted by atomic mass is 16.5. The summed E-state index contributed by atoms with van der Waals surface area (Å²) >= 11 is 0. The van der Waals surface area contributed by atoms with Crippen LogP contribution in [0.4, 0.5) is 0 Å². The molecule has 0 saturated carbocycles. The van der Waals surface area contributed by atoms with Gasteiger partial charge in [0.2, 0.25) is 5.91 Å². The number of rotatable bonds is 16. The second-order valence-electron chi connectivity index (χ2n) is 8.93. The van der Waals surface area contributed by atoms with Gasteiger partial charge >= 0.3 is 0 Å². The van der Waals surface area contributed by atoms with Gasteiger partial charge in [0.25, 0.3) is 0 Å². The predicted molar refractivity (Wildman–Crippen MR) is 123 cm³/mol. The van der Waals surface area contributed by atoms with E-state index in [0.29, 0.717) is 31.0 Å². The summed E-state index contributed by atoms with van der Waals surface area (Å²) in [6, 6.07) is 6.25. The summed E-state index contributed by atoms with van der Waals surface area (Å²) < 4.78 is 16.5. The average molecular weight is 422 g/mol. The molecule has 1 rings (SSSR count). The molecule has 30 heavy (non-hydrogen) atoms. The zero-order valence-corrected chi connectivity index (χ0v) is 19.9. The van der Waals surface area contributed by atoms with E-state index >= 15 is 0 Å². The zero-order valence-electron chi connectivity index (χ0n) is 19.9. The van der Waals surface area contributed by atoms with Crippen LogP contribution in [0.5, 0.6) is 11.5 Å². The topological polar surface area (TPSA) is 70.8 Å². The summed E-state index contributed by atoms with van der Waals surface area (Å²) in [5.74, 6) is 2.88. The van der Waals surface area contributed by atoms with E-state index in [-0.39, 0.29) is 11.8 Å². The smallest absolute Gasteiger partial charge is 0.220 e. The lowest BCUT2D eigenvalue weighted by atomic mass is 9.83. The molecule has 1 aromatic carbocycles. The van der Waals surface area contributed by atoms with Gasteiger partial charge in [-0.15, -0.1) is 0 Å². The summed E-state index contributed by atoms with van der Waals surface area (Å²) in [6.07, 6.45) is 6.07. The SMILES string of the molecule is COCCCOc1cc(C[C@H](CCCC[C@H](C(N)=O)C(C)C)C(C)C)ccc1OC. The van der Waals surface area contributed by atoms with E-state index in [9.17, 15) is 4.79 Å². The number of benzene rings is 1. The molecular weight excluding hydrogens is 378 g/mol. The number of primary amides is 1. The van der Waals surface area contributed by atoms with Crippen LogP contribution in [0.15, 0.2) is 18.2 Å². The Labute approximate surface area is 183 Å². The number of methoxy groups -OCH3 is 2. The Morgan fingerprint density at radius 2 is 1.63 bits per heavy atom. The number of ether oxygens (including phenoxy) is 3. The summed E-state index contributed by atoms with van der Waals surface area (Å²) in [5.41, 5.74) is 6.82. The maximum atomic E-state index is 11.6. The minimum atomic E-state index is -0.165. The van der Waals surface area contributed by atoms with Crippen LogP contribution in [-0.2, 0) is 16.0 Å². The molecular formula is C25H43NO4. The number of hydrogen-bond donors (Lipinski definition) is 1. The Balaban J connectivity index is 2.66. The van der Waals surface area contributed by atoms with Crippen LogP contribution in [0.3, 0.4) is 0 Å². The first kappa shape index (κ1) is 26.3. The number of carbonyl (C=O) groups is 1. The highest BCUT2D eigenvalue weighted by molar-refractivity contribution is 5.76. The second-order valence-corrected chi connectivity index (χ2v) is 8.93. The van der Waals surface area contributed by atoms with E-state index in [4.69, 9.17) is 19.9 Å². The fourth-order valence-electron chi connectivity index (χ4n) is 3.90. The molecule has 5 nitrogen and oxygen atoms in total. The summed E-state index contributed by atoms with van der Waals surface area (Å²) in [7, 11) is 3.37. The molecule has 0 unspecified atom stereocenters. The van der Waals surface area contributed by atoms with Crippen molar-refractivity contribution in [3.05, 3.63) is 23.8 Å². The summed E-state index contributed by atoms with van der Waals surface area (Å²) in [5, 5.41) is 0. The maximum absolute atomic E-state index is 11.6. The van der Waals surface area contributed by atoms with Crippen molar-refractivity contribution in [3.8, 4) is 11.5 Å². The minimum absolute atomic E-state index is 0.0121. The van der Waals surface area contributed by atoms with Crippen LogP contribution in [0.1, 0.15) is 65.4 Å². The third-order valence-electron chi connectivity index (χ3n) is 5.93. The monoisotopic (exact) mass is 421 g/mol. The van der Waals surface area contributed by atoms with E-state index in [2.05, 4.69) is 39.8 Å². The fraction of sp³-hybridized carbons (Fsp3) is 0.720. The van der Waals surface area contributed by atoms with Gasteiger partial charge in [0, 0.05) is 26.1 Å². The molecule has 172 valence electrons. The lowest BCUT2D eigenvalue weighted by Gasteiger charge is -2.23. The Hall–Kier alpha value is -1.75. The predicted octanol–water partition coefficient (Wildman–Crippen LogP) is 5.24. The molecule has 0 fully saturated rings. The van der Waals surface area contributed by atoms with Crippen LogP contribution in [0.25, 0.3) is 0 Å². The molecule has 0 bridgehead atoms. The zero-order chi connectivity index (χ0) is 22.5. The number of unbranched alkanes of at least 4 members (excludes halogenated alkanes) is 1. The summed E-state index contributed by atoms with van der Waals surface area (Å²) in [6.45, 7) is 10.0. The molecule has 0 spiro atoms. The van der Waals surface area contributed by atoms with Gasteiger partial charge < -0.3 is 19.9 Å². The molecule has 0 saturated heterocycles. The van der Waals surface area contributed by atoms with Gasteiger partial charge in [-0.25, -0.2) is 0 Å². The number of amides is 1. The van der Waals surface area contributed by atoms with Crippen molar-refractivity contribution >= 4 is 5.91 Å². The van der Waals surface area contributed by atoms with Gasteiger partial charge in [-0.2, -0.15) is 0 Å². The second kappa shape index (κ2) is 14.3. The third-order valence-corrected chi connectivity index (χ3v) is 5.93. The molecule has 0 aliphatic carbocycles. The normalized spacial score (nSPS) is 13.5. The van der Waals surface area contributed by atoms with Crippen molar-refractivity contribution < 1.29 is 19.0 Å². The molecule has 0 aromatic heterocycles. The van der Waals surface area contributed by atoms with E-state index in [1.165, 1.54) is 5.56 Å². The van der Waals surface area contributed by atoms with Crippen molar-refractivity contribution in [1.82, 2.24) is 0 Å². The Kier molecular flexibility index (Phi) is 12.5. The van der Waals surface area contributed by atoms with Crippen LogP contribution in [0.2, 0.25) is 0 Å². The molecule has 2 atom stereocenters. The van der Waals surface area contributed by atoms with Crippen molar-refractivity contribution in [2.75, 3.05) is 27.4 Å². The van der Waals surface area contributed by atoms with Gasteiger partial charge in [0.1, 0.15) is 0 Å². The fourth-order valence-corrected chi connectivity index (χ4v) is 3.90. The molecule has 0 radical (unpaired) electrons. The highest BCUT2D eigenvalue weighted by Crippen LogP contribution is 2.31. The van der Waals surface area contributed by atoms with Gasteiger partial charge in [-0.05, 0) is 54.7 Å². The average Bonchev–Trinajstić information content (AvgIpc) is 2.69. The number of hydrogen-bond acceptors (Lipinski definition) is 4. The van der Waals surface area contributed by atoms with E-state index in [0.717, 1.165) is 50.0 Å². The van der Waals surface area contributed by atoms with Crippen molar-refractivity contribution in [2.24, 2.45) is 29.4 Å². The molecule has 2 N–H and O–H groups in total. The van der Waals surface area contributed by atoms with Gasteiger partial charge in [-0.3, -0.25) is 4.79 Å². The first-order valence-electron chi connectivity index (χ1n) is 11.4. The maximum Gasteiger partial charge on any atom is 0.220 e. The van der Waals surface area contributed by atoms with Gasteiger partial charge in [0.15, 0.2) is 11.5 Å². The molecule has 5 heteroatoms. The lowest BCUT2D eigenvalue weighted by molar-refractivity contribution is -0.123. The van der Waals surface area contributed by atoms with Crippen LogP contribution < -0.4 is 15.2 Å². The molecule has 1 aromatic rings. The van der Waals surface area contributed by atoms with E-state index in [1.807, 2.05) is 6.07 Å². The van der Waals surface area contributed by atoms with Crippen LogP contribution in [0, 0.1) is 23.7 Å². The molecule has 0 aliphatic heterocycles. The van der Waals surface area contributed by atoms with Gasteiger partial charge in [0.05, 0.1) is 13.7 Å². The minimum Gasteiger partial charge on any atom is -0.493 e. The number of nitrogens with two attached hydrogens (primary N) is 1. The Bertz CT molecular complexity index is 615. The quantitative estimate of drug-likeness (QED) is 0.370. The number of carbonyl (C=O) groups excluding carboxylic acids is 1. The molecule has 0 aliphatic rings. The van der Waals surface area contributed by atoms with Crippen molar-refractivity contribution in [2.45, 2.75) is 66.2 Å². The van der Waals surface area contributed by atoms with E-state index in [1.54, 1.807) is 14.2 Å². The first-order valence-corrected chi connectivity index (χ1v) is 11.4. The lowest BCUT2D eigenvalue weighted by Crippen LogP contribution is -2.27. The molecule has 1 amide bonds. The standard InChI is InChI=1S/C25H43NO4/c1-18(2)21(10-7-8-11-22(19(3)4)25(26)27)16-20-12-13-23(29-6)24(17-20)30-15-9-14-28-5/h12-13,17-19,21-22H,7-11,14-16H2,1-6H3,(H2,26,27)/t21-,22-/m0/s1.